The third-order valence-corrected chi connectivity index (χ3v) is 7.75. The number of carbonyl (C=O) groups is 1. The zero-order chi connectivity index (χ0) is 24.5. The van der Waals surface area contributed by atoms with E-state index in [2.05, 4.69) is 77.9 Å². The topological polar surface area (TPSA) is 64.1 Å². The van der Waals surface area contributed by atoms with Crippen molar-refractivity contribution in [2.75, 3.05) is 32.7 Å². The van der Waals surface area contributed by atoms with Crippen LogP contribution in [0.15, 0.2) is 45.9 Å². The first-order valence-corrected chi connectivity index (χ1v) is 13.1. The first-order valence-electron chi connectivity index (χ1n) is 13.1. The summed E-state index contributed by atoms with van der Waals surface area (Å²) in [6.45, 7) is 13.2. The highest BCUT2D eigenvalue weighted by Crippen LogP contribution is 2.37. The molecule has 2 aromatic rings. The molecule has 1 N–H and O–H groups in total. The monoisotopic (exact) mass is 471 g/mol. The van der Waals surface area contributed by atoms with Gasteiger partial charge in [0.2, 0.25) is 5.91 Å². The van der Waals surface area contributed by atoms with Crippen molar-refractivity contribution >= 4 is 34.6 Å². The fraction of sp³-hybridized carbons (Fsp3) is 0.483. The van der Waals surface area contributed by atoms with Gasteiger partial charge in [-0.05, 0) is 98.5 Å². The van der Waals surface area contributed by atoms with Gasteiger partial charge in [-0.25, -0.2) is 9.98 Å². The maximum absolute atomic E-state index is 12.4. The van der Waals surface area contributed by atoms with Crippen molar-refractivity contribution in [1.82, 2.24) is 14.8 Å². The lowest BCUT2D eigenvalue weighted by Gasteiger charge is -2.36. The highest BCUT2D eigenvalue weighted by atomic mass is 16.2. The number of amides is 1. The van der Waals surface area contributed by atoms with Crippen LogP contribution in [0.2, 0.25) is 0 Å². The van der Waals surface area contributed by atoms with Crippen LogP contribution in [0.25, 0.3) is 16.5 Å². The molecule has 0 spiro atoms. The number of aromatic amines is 1. The lowest BCUT2D eigenvalue weighted by molar-refractivity contribution is -0.136. The van der Waals surface area contributed by atoms with E-state index in [9.17, 15) is 4.79 Å². The van der Waals surface area contributed by atoms with Gasteiger partial charge in [0.1, 0.15) is 6.34 Å². The molecule has 0 aliphatic carbocycles. The average molecular weight is 472 g/mol. The standard InChI is InChI=1S/C29H37N5O/c1-5-21(15-20(4)29-30-18-31-29)28-27(19(2)3)24-16-23(7-8-25(24)32-28)22-9-13-33(14-10-22)17-26(35)34-11-6-12-34/h5,7-8,15-16,18-19,22,32H,6,9-14,17H2,1-4H3/b20-15-,21-5+. The number of carbonyl (C=O) groups excluding carboxylic acids is 1. The van der Waals surface area contributed by atoms with Crippen molar-refractivity contribution in [2.45, 2.75) is 58.8 Å². The lowest BCUT2D eigenvalue weighted by atomic mass is 9.87. The van der Waals surface area contributed by atoms with Gasteiger partial charge < -0.3 is 9.88 Å². The lowest BCUT2D eigenvalue weighted by Crippen LogP contribution is -2.48. The molecule has 0 atom stereocenters. The van der Waals surface area contributed by atoms with Crippen molar-refractivity contribution in [1.29, 1.82) is 0 Å². The fourth-order valence-corrected chi connectivity index (χ4v) is 5.51. The summed E-state index contributed by atoms with van der Waals surface area (Å²) >= 11 is 0. The Morgan fingerprint density at radius 1 is 1.20 bits per heavy atom. The number of nitrogens with one attached hydrogen (secondary N) is 1. The van der Waals surface area contributed by atoms with E-state index in [-0.39, 0.29) is 0 Å². The second-order valence-corrected chi connectivity index (χ2v) is 10.4. The molecule has 4 heterocycles. The maximum atomic E-state index is 12.4. The highest BCUT2D eigenvalue weighted by molar-refractivity contribution is 6.12. The number of hydrogen-bond acceptors (Lipinski definition) is 4. The third kappa shape index (κ3) is 4.76. The zero-order valence-corrected chi connectivity index (χ0v) is 21.5. The molecule has 0 bridgehead atoms. The number of rotatable bonds is 7. The van der Waals surface area contributed by atoms with Crippen LogP contribution in [-0.2, 0) is 4.79 Å². The maximum Gasteiger partial charge on any atom is 0.236 e. The van der Waals surface area contributed by atoms with E-state index in [1.807, 2.05) is 4.90 Å². The van der Waals surface area contributed by atoms with Crippen LogP contribution in [0.4, 0.5) is 0 Å². The average Bonchev–Trinajstić information content (AvgIpc) is 3.14. The Labute approximate surface area is 208 Å². The smallest absolute Gasteiger partial charge is 0.236 e. The van der Waals surface area contributed by atoms with Crippen molar-refractivity contribution in [3.05, 3.63) is 52.7 Å². The Morgan fingerprint density at radius 3 is 2.51 bits per heavy atom. The van der Waals surface area contributed by atoms with Gasteiger partial charge in [-0.3, -0.25) is 9.69 Å². The zero-order valence-electron chi connectivity index (χ0n) is 21.5. The minimum Gasteiger partial charge on any atom is -0.354 e. The van der Waals surface area contributed by atoms with Crippen LogP contribution >= 0.6 is 0 Å². The van der Waals surface area contributed by atoms with Gasteiger partial charge in [-0.2, -0.15) is 0 Å². The number of hydrogen-bond donors (Lipinski definition) is 1. The molecule has 0 saturated carbocycles. The summed E-state index contributed by atoms with van der Waals surface area (Å²) in [6.07, 6.45) is 9.33. The van der Waals surface area contributed by atoms with Gasteiger partial charge in [-0.1, -0.05) is 26.0 Å². The van der Waals surface area contributed by atoms with Crippen LogP contribution < -0.4 is 0 Å². The number of aromatic nitrogens is 1. The normalized spacial score (nSPS) is 19.8. The largest absolute Gasteiger partial charge is 0.354 e. The predicted octanol–water partition coefficient (Wildman–Crippen LogP) is 5.49. The number of H-pyrrole nitrogens is 1. The van der Waals surface area contributed by atoms with Gasteiger partial charge in [-0.15, -0.1) is 0 Å². The van der Waals surface area contributed by atoms with Crippen molar-refractivity contribution in [3.63, 3.8) is 0 Å². The summed E-state index contributed by atoms with van der Waals surface area (Å²) in [5, 5.41) is 1.33. The van der Waals surface area contributed by atoms with Gasteiger partial charge >= 0.3 is 0 Å². The SMILES string of the molecule is C/C=C(\C=C(\C)C1=NC=N1)c1[nH]c2ccc(C3CCN(CC(=O)N4CCC4)CC3)cc2c1C(C)C. The summed E-state index contributed by atoms with van der Waals surface area (Å²) in [4.78, 5) is 28.9. The van der Waals surface area contributed by atoms with Crippen LogP contribution in [0.5, 0.6) is 0 Å². The van der Waals surface area contributed by atoms with Crippen molar-refractivity contribution in [2.24, 2.45) is 9.98 Å². The summed E-state index contributed by atoms with van der Waals surface area (Å²) in [5.41, 5.74) is 7.43. The minimum atomic E-state index is 0.304. The molecule has 0 radical (unpaired) electrons. The molecule has 3 aliphatic rings. The molecule has 1 aromatic carbocycles. The Morgan fingerprint density at radius 2 is 1.94 bits per heavy atom. The Balaban J connectivity index is 1.36. The molecule has 2 saturated heterocycles. The van der Waals surface area contributed by atoms with Crippen LogP contribution in [0.1, 0.15) is 75.6 Å². The molecule has 3 aliphatic heterocycles. The molecule has 1 aromatic heterocycles. The molecule has 5 rings (SSSR count). The number of benzene rings is 1. The second-order valence-electron chi connectivity index (χ2n) is 10.4. The molecule has 6 nitrogen and oxygen atoms in total. The van der Waals surface area contributed by atoms with Crippen LogP contribution in [-0.4, -0.2) is 65.6 Å². The quantitative estimate of drug-likeness (QED) is 0.543. The molecule has 35 heavy (non-hydrogen) atoms. The first-order chi connectivity index (χ1) is 16.9. The number of fused-ring (bicyclic) bond motifs is 1. The van der Waals surface area contributed by atoms with Gasteiger partial charge in [0.05, 0.1) is 6.54 Å². The summed E-state index contributed by atoms with van der Waals surface area (Å²) in [5.74, 6) is 2.06. The van der Waals surface area contributed by atoms with E-state index in [4.69, 9.17) is 0 Å². The fourth-order valence-electron chi connectivity index (χ4n) is 5.51. The van der Waals surface area contributed by atoms with E-state index >= 15 is 0 Å². The summed E-state index contributed by atoms with van der Waals surface area (Å²) in [7, 11) is 0. The van der Waals surface area contributed by atoms with E-state index < -0.39 is 0 Å². The highest BCUT2D eigenvalue weighted by Gasteiger charge is 2.26. The number of aliphatic imine (C=N–C) groups is 2. The van der Waals surface area contributed by atoms with E-state index in [0.29, 0.717) is 24.3 Å². The van der Waals surface area contributed by atoms with Crippen LogP contribution in [0, 0.1) is 0 Å². The Bertz CT molecular complexity index is 1230. The number of amidine groups is 1. The van der Waals surface area contributed by atoms with E-state index in [1.54, 1.807) is 6.34 Å². The molecule has 0 unspecified atom stereocenters. The molecular formula is C29H37N5O. The Kier molecular flexibility index (Phi) is 6.74. The van der Waals surface area contributed by atoms with E-state index in [1.165, 1.54) is 33.3 Å². The number of nitrogens with zero attached hydrogens (tertiary/aromatic N) is 4. The Hall–Kier alpha value is -2.99. The molecule has 184 valence electrons. The van der Waals surface area contributed by atoms with Gasteiger partial charge in [0.15, 0.2) is 5.84 Å². The third-order valence-electron chi connectivity index (χ3n) is 7.75. The number of allylic oxidation sites excluding steroid dienone is 3. The van der Waals surface area contributed by atoms with Gasteiger partial charge in [0, 0.05) is 29.7 Å². The molecule has 1 amide bonds. The van der Waals surface area contributed by atoms with Crippen LogP contribution in [0.3, 0.4) is 0 Å². The molecular weight excluding hydrogens is 434 g/mol. The van der Waals surface area contributed by atoms with Gasteiger partial charge in [0.25, 0.3) is 0 Å². The number of likely N-dealkylation sites (tertiary alicyclic amines) is 2. The predicted molar refractivity (Wildman–Crippen MR) is 145 cm³/mol. The summed E-state index contributed by atoms with van der Waals surface area (Å²) in [6, 6.07) is 6.97. The second kappa shape index (κ2) is 9.94. The van der Waals surface area contributed by atoms with Crippen molar-refractivity contribution < 1.29 is 4.79 Å². The van der Waals surface area contributed by atoms with Crippen molar-refractivity contribution in [3.8, 4) is 0 Å². The minimum absolute atomic E-state index is 0.304. The molecule has 2 fully saturated rings. The molecule has 6 heteroatoms. The first kappa shape index (κ1) is 23.7. The summed E-state index contributed by atoms with van der Waals surface area (Å²) < 4.78 is 0. The van der Waals surface area contributed by atoms with E-state index in [0.717, 1.165) is 56.9 Å². The number of piperidine rings is 1.